The van der Waals surface area contributed by atoms with Crippen LogP contribution in [0.1, 0.15) is 36.8 Å². The molecule has 5 nitrogen and oxygen atoms in total. The monoisotopic (exact) mass is 396 g/mol. The van der Waals surface area contributed by atoms with Crippen molar-refractivity contribution in [3.63, 3.8) is 0 Å². The van der Waals surface area contributed by atoms with Gasteiger partial charge in [-0.2, -0.15) is 13.2 Å². The Bertz CT molecular complexity index is 1130. The molecule has 4 rings (SSSR count). The van der Waals surface area contributed by atoms with Crippen molar-refractivity contribution in [1.82, 2.24) is 9.97 Å². The zero-order valence-electron chi connectivity index (χ0n) is 14.2. The van der Waals surface area contributed by atoms with Crippen molar-refractivity contribution in [3.8, 4) is 11.6 Å². The second-order valence-corrected chi connectivity index (χ2v) is 8.74. The molecule has 2 heterocycles. The third-order valence-corrected chi connectivity index (χ3v) is 6.30. The van der Waals surface area contributed by atoms with Gasteiger partial charge in [-0.15, -0.1) is 0 Å². The topological polar surface area (TPSA) is 73.1 Å². The van der Waals surface area contributed by atoms with Crippen molar-refractivity contribution in [2.45, 2.75) is 36.8 Å². The lowest BCUT2D eigenvalue weighted by Gasteiger charge is -2.08. The lowest BCUT2D eigenvalue weighted by Crippen LogP contribution is -2.08. The minimum Gasteiger partial charge on any atom is -0.435 e. The van der Waals surface area contributed by atoms with Crippen LogP contribution in [0, 0.1) is 0 Å². The van der Waals surface area contributed by atoms with E-state index in [-0.39, 0.29) is 33.3 Å². The van der Waals surface area contributed by atoms with Crippen LogP contribution in [0.5, 0.6) is 0 Å². The maximum Gasteiger partial charge on any atom is 0.416 e. The molecule has 3 aromatic rings. The number of hydrogen-bond acceptors (Lipinski definition) is 5. The minimum atomic E-state index is -4.51. The molecule has 0 spiro atoms. The molecule has 1 aromatic carbocycles. The summed E-state index contributed by atoms with van der Waals surface area (Å²) in [6.45, 7) is 1.52. The number of halogens is 3. The van der Waals surface area contributed by atoms with Crippen LogP contribution in [0.4, 0.5) is 13.2 Å². The number of nitrogens with zero attached hydrogens (tertiary/aromatic N) is 2. The van der Waals surface area contributed by atoms with Crippen molar-refractivity contribution in [3.05, 3.63) is 41.6 Å². The predicted molar refractivity (Wildman–Crippen MR) is 91.9 cm³/mol. The molecule has 0 atom stereocenters. The molecule has 1 aliphatic carbocycles. The summed E-state index contributed by atoms with van der Waals surface area (Å²) in [5.74, 6) is 0.0582. The van der Waals surface area contributed by atoms with Crippen LogP contribution in [0.25, 0.3) is 22.7 Å². The second kappa shape index (κ2) is 6.05. The van der Waals surface area contributed by atoms with Crippen LogP contribution in [0.15, 0.2) is 39.8 Å². The molecule has 2 aromatic heterocycles. The summed E-state index contributed by atoms with van der Waals surface area (Å²) in [5.41, 5.74) is 0.124. The van der Waals surface area contributed by atoms with Crippen LogP contribution < -0.4 is 0 Å². The van der Waals surface area contributed by atoms with Gasteiger partial charge >= 0.3 is 6.18 Å². The Balaban J connectivity index is 1.87. The molecular weight excluding hydrogens is 381 g/mol. The van der Waals surface area contributed by atoms with Gasteiger partial charge in [-0.25, -0.2) is 18.4 Å². The third-order valence-electron chi connectivity index (χ3n) is 4.56. The Labute approximate surface area is 153 Å². The number of benzene rings is 1. The summed E-state index contributed by atoms with van der Waals surface area (Å²) < 4.78 is 69.2. The first-order chi connectivity index (χ1) is 12.7. The number of hydrogen-bond donors (Lipinski definition) is 0. The minimum absolute atomic E-state index is 0.00278. The summed E-state index contributed by atoms with van der Waals surface area (Å²) in [6.07, 6.45) is -0.961. The average molecular weight is 396 g/mol. The Morgan fingerprint density at radius 1 is 1.22 bits per heavy atom. The molecule has 27 heavy (non-hydrogen) atoms. The van der Waals surface area contributed by atoms with Gasteiger partial charge in [0, 0.05) is 6.20 Å². The van der Waals surface area contributed by atoms with Crippen LogP contribution in [0.2, 0.25) is 0 Å². The molecule has 1 fully saturated rings. The molecule has 1 saturated carbocycles. The molecule has 0 amide bonds. The lowest BCUT2D eigenvalue weighted by atomic mass is 10.2. The number of rotatable bonds is 4. The fourth-order valence-corrected chi connectivity index (χ4v) is 3.92. The van der Waals surface area contributed by atoms with Crippen LogP contribution in [-0.2, 0) is 16.0 Å². The van der Waals surface area contributed by atoms with E-state index in [1.165, 1.54) is 13.0 Å². The van der Waals surface area contributed by atoms with E-state index in [1.54, 1.807) is 12.3 Å². The maximum atomic E-state index is 12.9. The average Bonchev–Trinajstić information content (AvgIpc) is 3.38. The van der Waals surface area contributed by atoms with E-state index >= 15 is 0 Å². The number of sulfone groups is 1. The molecule has 0 saturated heterocycles. The van der Waals surface area contributed by atoms with Crippen LogP contribution >= 0.6 is 0 Å². The van der Waals surface area contributed by atoms with Gasteiger partial charge in [-0.1, -0.05) is 6.92 Å². The van der Waals surface area contributed by atoms with Gasteiger partial charge in [0.25, 0.3) is 0 Å². The van der Waals surface area contributed by atoms with E-state index in [0.717, 1.165) is 30.5 Å². The molecule has 142 valence electrons. The first-order valence-corrected chi connectivity index (χ1v) is 10.0. The van der Waals surface area contributed by atoms with Crippen molar-refractivity contribution in [1.29, 1.82) is 0 Å². The quantitative estimate of drug-likeness (QED) is 0.645. The standard InChI is InChI=1S/C18H15F3N2O3S/c1-2-27(24,25)15-7-11(10-3-4-10)9-22-16(15)17-23-13-8-12(18(19,20)21)5-6-14(13)26-17/h5-10H,2-4H2,1H3. The first-order valence-electron chi connectivity index (χ1n) is 8.40. The molecule has 0 N–H and O–H groups in total. The highest BCUT2D eigenvalue weighted by atomic mass is 32.2. The SMILES string of the molecule is CCS(=O)(=O)c1cc(C2CC2)cnc1-c1nc2cc(C(F)(F)F)ccc2o1. The number of fused-ring (bicyclic) bond motifs is 1. The van der Waals surface area contributed by atoms with Gasteiger partial charge in [0.2, 0.25) is 5.89 Å². The van der Waals surface area contributed by atoms with E-state index in [9.17, 15) is 21.6 Å². The smallest absolute Gasteiger partial charge is 0.416 e. The summed E-state index contributed by atoms with van der Waals surface area (Å²) in [5, 5.41) is 0. The first kappa shape index (κ1) is 18.0. The van der Waals surface area contributed by atoms with Gasteiger partial charge in [-0.05, 0) is 48.6 Å². The van der Waals surface area contributed by atoms with Crippen molar-refractivity contribution in [2.24, 2.45) is 0 Å². The van der Waals surface area contributed by atoms with E-state index in [0.29, 0.717) is 5.92 Å². The van der Waals surface area contributed by atoms with Crippen molar-refractivity contribution >= 4 is 20.9 Å². The van der Waals surface area contributed by atoms with Gasteiger partial charge in [0.1, 0.15) is 11.2 Å². The molecule has 0 bridgehead atoms. The fourth-order valence-electron chi connectivity index (χ4n) is 2.86. The van der Waals surface area contributed by atoms with E-state index in [4.69, 9.17) is 4.42 Å². The van der Waals surface area contributed by atoms with E-state index < -0.39 is 21.6 Å². The molecular formula is C18H15F3N2O3S. The van der Waals surface area contributed by atoms with E-state index in [1.807, 2.05) is 0 Å². The van der Waals surface area contributed by atoms with Gasteiger partial charge in [0.05, 0.1) is 16.2 Å². The molecule has 0 aliphatic heterocycles. The summed E-state index contributed by atoms with van der Waals surface area (Å²) >= 11 is 0. The fraction of sp³-hybridized carbons (Fsp3) is 0.333. The third kappa shape index (κ3) is 3.31. The summed E-state index contributed by atoms with van der Waals surface area (Å²) in [7, 11) is -3.62. The van der Waals surface area contributed by atoms with Crippen LogP contribution in [-0.4, -0.2) is 24.1 Å². The summed E-state index contributed by atoms with van der Waals surface area (Å²) in [4.78, 5) is 8.29. The highest BCUT2D eigenvalue weighted by molar-refractivity contribution is 7.91. The van der Waals surface area contributed by atoms with Crippen molar-refractivity contribution < 1.29 is 26.0 Å². The Morgan fingerprint density at radius 3 is 2.59 bits per heavy atom. The largest absolute Gasteiger partial charge is 0.435 e. The maximum absolute atomic E-state index is 12.9. The number of oxazole rings is 1. The Hall–Kier alpha value is -2.42. The zero-order chi connectivity index (χ0) is 19.4. The normalized spacial score (nSPS) is 15.4. The van der Waals surface area contributed by atoms with E-state index in [2.05, 4.69) is 9.97 Å². The molecule has 1 aliphatic rings. The molecule has 0 radical (unpaired) electrons. The zero-order valence-corrected chi connectivity index (χ0v) is 15.1. The van der Waals surface area contributed by atoms with Gasteiger partial charge in [0.15, 0.2) is 15.4 Å². The van der Waals surface area contributed by atoms with Crippen LogP contribution in [0.3, 0.4) is 0 Å². The number of pyridine rings is 1. The predicted octanol–water partition coefficient (Wildman–Crippen LogP) is 4.58. The Morgan fingerprint density at radius 2 is 1.96 bits per heavy atom. The summed E-state index contributed by atoms with van der Waals surface area (Å²) in [6, 6.07) is 4.51. The highest BCUT2D eigenvalue weighted by Gasteiger charge is 2.32. The van der Waals surface area contributed by atoms with Gasteiger partial charge in [-0.3, -0.25) is 0 Å². The number of aromatic nitrogens is 2. The Kier molecular flexibility index (Phi) is 4.03. The highest BCUT2D eigenvalue weighted by Crippen LogP contribution is 2.42. The molecule has 9 heteroatoms. The number of alkyl halides is 3. The second-order valence-electron chi connectivity index (χ2n) is 6.49. The molecule has 0 unspecified atom stereocenters. The van der Waals surface area contributed by atoms with Crippen molar-refractivity contribution in [2.75, 3.05) is 5.75 Å². The van der Waals surface area contributed by atoms with Gasteiger partial charge < -0.3 is 4.42 Å². The lowest BCUT2D eigenvalue weighted by molar-refractivity contribution is -0.137.